The van der Waals surface area contributed by atoms with Crippen LogP contribution < -0.4 is 11.5 Å². The molecule has 0 bridgehead atoms. The SMILES string of the molecule is Cc1ccnc(C(N)Cc2cccnc2N)c1. The number of hydrogen-bond acceptors (Lipinski definition) is 4. The van der Waals surface area contributed by atoms with Crippen LogP contribution in [0.25, 0.3) is 0 Å². The van der Waals surface area contributed by atoms with Crippen LogP contribution in [-0.2, 0) is 6.42 Å². The van der Waals surface area contributed by atoms with E-state index in [1.54, 1.807) is 12.4 Å². The molecule has 88 valence electrons. The van der Waals surface area contributed by atoms with Gasteiger partial charge in [0.25, 0.3) is 0 Å². The minimum absolute atomic E-state index is 0.151. The molecule has 4 N–H and O–H groups in total. The fraction of sp³-hybridized carbons (Fsp3) is 0.231. The smallest absolute Gasteiger partial charge is 0.126 e. The molecule has 0 aromatic carbocycles. The zero-order valence-corrected chi connectivity index (χ0v) is 9.80. The summed E-state index contributed by atoms with van der Waals surface area (Å²) in [4.78, 5) is 8.32. The number of nitrogen functional groups attached to an aromatic ring is 1. The van der Waals surface area contributed by atoms with Crippen molar-refractivity contribution in [2.45, 2.75) is 19.4 Å². The highest BCUT2D eigenvalue weighted by molar-refractivity contribution is 5.39. The number of anilines is 1. The molecule has 0 spiro atoms. The molecule has 0 amide bonds. The normalized spacial score (nSPS) is 12.4. The van der Waals surface area contributed by atoms with E-state index in [9.17, 15) is 0 Å². The second-order valence-corrected chi connectivity index (χ2v) is 4.12. The van der Waals surface area contributed by atoms with Gasteiger partial charge in [-0.25, -0.2) is 4.98 Å². The van der Waals surface area contributed by atoms with E-state index in [1.807, 2.05) is 31.2 Å². The van der Waals surface area contributed by atoms with Gasteiger partial charge >= 0.3 is 0 Å². The first kappa shape index (κ1) is 11.5. The van der Waals surface area contributed by atoms with Gasteiger partial charge in [0.1, 0.15) is 5.82 Å². The quantitative estimate of drug-likeness (QED) is 0.836. The molecule has 2 aromatic rings. The van der Waals surface area contributed by atoms with E-state index in [1.165, 1.54) is 0 Å². The number of aromatic nitrogens is 2. The highest BCUT2D eigenvalue weighted by atomic mass is 14.8. The molecule has 1 atom stereocenters. The minimum Gasteiger partial charge on any atom is -0.383 e. The predicted octanol–water partition coefficient (Wildman–Crippen LogP) is 1.61. The van der Waals surface area contributed by atoms with Crippen molar-refractivity contribution in [1.82, 2.24) is 9.97 Å². The van der Waals surface area contributed by atoms with Gasteiger partial charge in [0.2, 0.25) is 0 Å². The fourth-order valence-electron chi connectivity index (χ4n) is 1.73. The number of hydrogen-bond donors (Lipinski definition) is 2. The van der Waals surface area contributed by atoms with E-state index < -0.39 is 0 Å². The molecule has 2 heterocycles. The van der Waals surface area contributed by atoms with Gasteiger partial charge in [-0.1, -0.05) is 6.07 Å². The van der Waals surface area contributed by atoms with Crippen molar-refractivity contribution in [3.05, 3.63) is 53.5 Å². The fourth-order valence-corrected chi connectivity index (χ4v) is 1.73. The van der Waals surface area contributed by atoms with Crippen molar-refractivity contribution in [1.29, 1.82) is 0 Å². The molecule has 0 aliphatic heterocycles. The van der Waals surface area contributed by atoms with Crippen molar-refractivity contribution >= 4 is 5.82 Å². The zero-order chi connectivity index (χ0) is 12.3. The van der Waals surface area contributed by atoms with E-state index in [-0.39, 0.29) is 6.04 Å². The van der Waals surface area contributed by atoms with Gasteiger partial charge in [-0.3, -0.25) is 4.98 Å². The molecular formula is C13H16N4. The Morgan fingerprint density at radius 2 is 2.06 bits per heavy atom. The average molecular weight is 228 g/mol. The second kappa shape index (κ2) is 4.93. The molecule has 4 heteroatoms. The lowest BCUT2D eigenvalue weighted by Gasteiger charge is -2.12. The Balaban J connectivity index is 2.17. The first-order valence-corrected chi connectivity index (χ1v) is 5.54. The summed E-state index contributed by atoms with van der Waals surface area (Å²) in [6.45, 7) is 2.02. The first-order chi connectivity index (χ1) is 8.16. The molecule has 0 saturated carbocycles. The number of nitrogens with two attached hydrogens (primary N) is 2. The van der Waals surface area contributed by atoms with Crippen molar-refractivity contribution < 1.29 is 0 Å². The van der Waals surface area contributed by atoms with E-state index >= 15 is 0 Å². The van der Waals surface area contributed by atoms with Crippen molar-refractivity contribution in [2.75, 3.05) is 5.73 Å². The van der Waals surface area contributed by atoms with Gasteiger partial charge in [0, 0.05) is 12.4 Å². The number of rotatable bonds is 3. The molecule has 0 aliphatic rings. The summed E-state index contributed by atoms with van der Waals surface area (Å²) >= 11 is 0. The summed E-state index contributed by atoms with van der Waals surface area (Å²) in [5.41, 5.74) is 14.9. The van der Waals surface area contributed by atoms with E-state index in [2.05, 4.69) is 9.97 Å². The number of aryl methyl sites for hydroxylation is 1. The Morgan fingerprint density at radius 1 is 1.24 bits per heavy atom. The zero-order valence-electron chi connectivity index (χ0n) is 9.80. The van der Waals surface area contributed by atoms with E-state index in [0.29, 0.717) is 12.2 Å². The van der Waals surface area contributed by atoms with Gasteiger partial charge in [-0.05, 0) is 42.7 Å². The van der Waals surface area contributed by atoms with E-state index in [4.69, 9.17) is 11.5 Å². The van der Waals surface area contributed by atoms with Crippen LogP contribution in [0.3, 0.4) is 0 Å². The van der Waals surface area contributed by atoms with Crippen LogP contribution in [0.5, 0.6) is 0 Å². The monoisotopic (exact) mass is 228 g/mol. The van der Waals surface area contributed by atoms with Crippen LogP contribution in [0.1, 0.15) is 22.9 Å². The summed E-state index contributed by atoms with van der Waals surface area (Å²) in [5.74, 6) is 0.538. The molecule has 0 radical (unpaired) electrons. The maximum atomic E-state index is 6.12. The van der Waals surface area contributed by atoms with E-state index in [0.717, 1.165) is 16.8 Å². The Bertz CT molecular complexity index is 510. The summed E-state index contributed by atoms with van der Waals surface area (Å²) in [6.07, 6.45) is 4.10. The largest absolute Gasteiger partial charge is 0.383 e. The van der Waals surface area contributed by atoms with Gasteiger partial charge in [0.15, 0.2) is 0 Å². The van der Waals surface area contributed by atoms with Crippen LogP contribution in [0.4, 0.5) is 5.82 Å². The number of pyridine rings is 2. The third kappa shape index (κ3) is 2.79. The maximum Gasteiger partial charge on any atom is 0.126 e. The lowest BCUT2D eigenvalue weighted by atomic mass is 10.0. The Labute approximate surface area is 101 Å². The van der Waals surface area contributed by atoms with Crippen LogP contribution in [-0.4, -0.2) is 9.97 Å². The molecule has 2 rings (SSSR count). The molecular weight excluding hydrogens is 212 g/mol. The van der Waals surface area contributed by atoms with Gasteiger partial charge in [0.05, 0.1) is 11.7 Å². The Morgan fingerprint density at radius 3 is 2.76 bits per heavy atom. The standard InChI is InChI=1S/C13H16N4/c1-9-4-6-16-12(7-9)11(14)8-10-3-2-5-17-13(10)15/h2-7,11H,8,14H2,1H3,(H2,15,17). The van der Waals surface area contributed by atoms with Gasteiger partial charge < -0.3 is 11.5 Å². The average Bonchev–Trinajstić information content (AvgIpc) is 2.32. The highest BCUT2D eigenvalue weighted by Gasteiger charge is 2.10. The molecule has 1 unspecified atom stereocenters. The third-order valence-electron chi connectivity index (χ3n) is 2.68. The van der Waals surface area contributed by atoms with Crippen LogP contribution in [0.15, 0.2) is 36.7 Å². The lowest BCUT2D eigenvalue weighted by molar-refractivity contribution is 0.695. The minimum atomic E-state index is -0.151. The molecule has 4 nitrogen and oxygen atoms in total. The number of nitrogens with zero attached hydrogens (tertiary/aromatic N) is 2. The van der Waals surface area contributed by atoms with Crippen molar-refractivity contribution in [2.24, 2.45) is 5.73 Å². The summed E-state index contributed by atoms with van der Waals surface area (Å²) in [6, 6.07) is 7.60. The van der Waals surface area contributed by atoms with Crippen molar-refractivity contribution in [3.8, 4) is 0 Å². The summed E-state index contributed by atoms with van der Waals surface area (Å²) in [7, 11) is 0. The van der Waals surface area contributed by atoms with Gasteiger partial charge in [-0.2, -0.15) is 0 Å². The predicted molar refractivity (Wildman–Crippen MR) is 68.3 cm³/mol. The summed E-state index contributed by atoms with van der Waals surface area (Å²) < 4.78 is 0. The Hall–Kier alpha value is -1.94. The molecule has 0 fully saturated rings. The lowest BCUT2D eigenvalue weighted by Crippen LogP contribution is -2.16. The topological polar surface area (TPSA) is 77.8 Å². The second-order valence-electron chi connectivity index (χ2n) is 4.12. The Kier molecular flexibility index (Phi) is 3.35. The first-order valence-electron chi connectivity index (χ1n) is 5.54. The third-order valence-corrected chi connectivity index (χ3v) is 2.68. The summed E-state index contributed by atoms with van der Waals surface area (Å²) in [5, 5.41) is 0. The molecule has 0 saturated heterocycles. The molecule has 0 aliphatic carbocycles. The van der Waals surface area contributed by atoms with Crippen molar-refractivity contribution in [3.63, 3.8) is 0 Å². The van der Waals surface area contributed by atoms with Gasteiger partial charge in [-0.15, -0.1) is 0 Å². The molecule has 17 heavy (non-hydrogen) atoms. The van der Waals surface area contributed by atoms with Crippen LogP contribution in [0.2, 0.25) is 0 Å². The highest BCUT2D eigenvalue weighted by Crippen LogP contribution is 2.17. The maximum absolute atomic E-state index is 6.12. The van der Waals surface area contributed by atoms with Crippen LogP contribution in [0, 0.1) is 6.92 Å². The molecule has 2 aromatic heterocycles. The van der Waals surface area contributed by atoms with Crippen LogP contribution >= 0.6 is 0 Å².